The Hall–Kier alpha value is -0.645. The number of aldehydes is 1. The number of carbonyl (C=O) groups is 1. The molecule has 0 aliphatic rings. The van der Waals surface area contributed by atoms with Gasteiger partial charge in [0.25, 0.3) is 0 Å². The van der Waals surface area contributed by atoms with Crippen LogP contribution in [-0.4, -0.2) is 23.5 Å². The first kappa shape index (κ1) is 10.4. The molecule has 0 heterocycles. The van der Waals surface area contributed by atoms with Crippen LogP contribution in [0.5, 0.6) is 0 Å². The number of hydrogen-bond donors (Lipinski definition) is 2. The van der Waals surface area contributed by atoms with E-state index in [1.165, 1.54) is 6.07 Å². The zero-order chi connectivity index (χ0) is 10.0. The Morgan fingerprint density at radius 2 is 2.08 bits per heavy atom. The minimum atomic E-state index is -1.60. The van der Waals surface area contributed by atoms with Crippen molar-refractivity contribution in [2.45, 2.75) is 6.92 Å². The third-order valence-electron chi connectivity index (χ3n) is 1.88. The molecule has 0 saturated heterocycles. The third kappa shape index (κ3) is 1.99. The van der Waals surface area contributed by atoms with Gasteiger partial charge in [0.15, 0.2) is 0 Å². The van der Waals surface area contributed by atoms with Gasteiger partial charge in [-0.15, -0.1) is 0 Å². The molecule has 1 rings (SSSR count). The zero-order valence-electron chi connectivity index (χ0n) is 6.99. The summed E-state index contributed by atoms with van der Waals surface area (Å²) in [6.45, 7) is 1.74. The van der Waals surface area contributed by atoms with E-state index in [4.69, 9.17) is 10.0 Å². The van der Waals surface area contributed by atoms with E-state index < -0.39 is 7.12 Å². The molecule has 5 heteroatoms. The zero-order valence-corrected chi connectivity index (χ0v) is 8.58. The smallest absolute Gasteiger partial charge is 0.423 e. The van der Waals surface area contributed by atoms with Crippen LogP contribution in [0.25, 0.3) is 0 Å². The number of rotatable bonds is 2. The molecular weight excluding hydrogens is 235 g/mol. The van der Waals surface area contributed by atoms with Crippen LogP contribution in [0.1, 0.15) is 15.9 Å². The van der Waals surface area contributed by atoms with Crippen molar-refractivity contribution in [3.05, 3.63) is 27.7 Å². The molecule has 0 amide bonds. The third-order valence-corrected chi connectivity index (χ3v) is 2.74. The average molecular weight is 243 g/mol. The average Bonchev–Trinajstić information content (AvgIpc) is 2.09. The highest BCUT2D eigenvalue weighted by molar-refractivity contribution is 9.10. The summed E-state index contributed by atoms with van der Waals surface area (Å²) < 4.78 is 0.777. The lowest BCUT2D eigenvalue weighted by Gasteiger charge is -2.07. The Bertz CT molecular complexity index is 338. The lowest BCUT2D eigenvalue weighted by Crippen LogP contribution is -2.33. The van der Waals surface area contributed by atoms with E-state index in [1.807, 2.05) is 0 Å². The Morgan fingerprint density at radius 3 is 2.54 bits per heavy atom. The van der Waals surface area contributed by atoms with Crippen molar-refractivity contribution in [2.75, 3.05) is 0 Å². The molecule has 0 radical (unpaired) electrons. The van der Waals surface area contributed by atoms with Crippen LogP contribution in [0.3, 0.4) is 0 Å². The maximum Gasteiger partial charge on any atom is 0.489 e. The topological polar surface area (TPSA) is 57.5 Å². The molecule has 0 aliphatic carbocycles. The van der Waals surface area contributed by atoms with Gasteiger partial charge in [-0.2, -0.15) is 0 Å². The van der Waals surface area contributed by atoms with E-state index in [0.717, 1.165) is 4.47 Å². The van der Waals surface area contributed by atoms with Crippen LogP contribution >= 0.6 is 15.9 Å². The predicted octanol–water partition coefficient (Wildman–Crippen LogP) is 0.250. The summed E-state index contributed by atoms with van der Waals surface area (Å²) in [5, 5.41) is 17.9. The van der Waals surface area contributed by atoms with Gasteiger partial charge in [0.1, 0.15) is 6.29 Å². The van der Waals surface area contributed by atoms with Crippen molar-refractivity contribution in [3.63, 3.8) is 0 Å². The van der Waals surface area contributed by atoms with Gasteiger partial charge in [-0.05, 0) is 24.0 Å². The molecule has 0 aromatic heterocycles. The fraction of sp³-hybridized carbons (Fsp3) is 0.125. The van der Waals surface area contributed by atoms with Crippen molar-refractivity contribution in [1.82, 2.24) is 0 Å². The van der Waals surface area contributed by atoms with Crippen molar-refractivity contribution >= 4 is 34.8 Å². The fourth-order valence-corrected chi connectivity index (χ4v) is 1.45. The molecule has 3 nitrogen and oxygen atoms in total. The fourth-order valence-electron chi connectivity index (χ4n) is 1.10. The summed E-state index contributed by atoms with van der Waals surface area (Å²) in [5.74, 6) is 0. The molecule has 0 aliphatic heterocycles. The first-order valence-electron chi connectivity index (χ1n) is 3.68. The minimum absolute atomic E-state index is 0.232. The molecule has 68 valence electrons. The largest absolute Gasteiger partial charge is 0.489 e. The molecule has 2 N–H and O–H groups in total. The number of halogens is 1. The van der Waals surface area contributed by atoms with E-state index in [-0.39, 0.29) is 5.46 Å². The summed E-state index contributed by atoms with van der Waals surface area (Å²) >= 11 is 3.25. The lowest BCUT2D eigenvalue weighted by atomic mass is 9.76. The highest BCUT2D eigenvalue weighted by atomic mass is 79.9. The first-order valence-corrected chi connectivity index (χ1v) is 4.47. The summed E-state index contributed by atoms with van der Waals surface area (Å²) in [6, 6.07) is 3.18. The van der Waals surface area contributed by atoms with Gasteiger partial charge in [-0.25, -0.2) is 0 Å². The quantitative estimate of drug-likeness (QED) is 0.578. The maximum atomic E-state index is 10.7. The van der Waals surface area contributed by atoms with E-state index in [1.54, 1.807) is 13.0 Å². The molecule has 0 atom stereocenters. The van der Waals surface area contributed by atoms with Gasteiger partial charge in [-0.1, -0.05) is 22.0 Å². The first-order chi connectivity index (χ1) is 6.07. The molecule has 0 fully saturated rings. The van der Waals surface area contributed by atoms with E-state index in [0.29, 0.717) is 17.4 Å². The normalized spacial score (nSPS) is 9.85. The summed E-state index contributed by atoms with van der Waals surface area (Å²) in [6.07, 6.45) is 0.620. The van der Waals surface area contributed by atoms with Gasteiger partial charge in [0.2, 0.25) is 0 Å². The molecule has 1 aromatic carbocycles. The highest BCUT2D eigenvalue weighted by Gasteiger charge is 2.17. The predicted molar refractivity (Wildman–Crippen MR) is 54.1 cm³/mol. The lowest BCUT2D eigenvalue weighted by molar-refractivity contribution is 0.112. The second-order valence-corrected chi connectivity index (χ2v) is 3.52. The molecular formula is C8H8BBrO3. The Balaban J connectivity index is 3.38. The van der Waals surface area contributed by atoms with Crippen LogP contribution in [0, 0.1) is 6.92 Å². The highest BCUT2D eigenvalue weighted by Crippen LogP contribution is 2.16. The monoisotopic (exact) mass is 242 g/mol. The molecule has 0 spiro atoms. The Kier molecular flexibility index (Phi) is 3.25. The molecule has 0 bridgehead atoms. The van der Waals surface area contributed by atoms with Crippen molar-refractivity contribution in [1.29, 1.82) is 0 Å². The number of carbonyl (C=O) groups excluding carboxylic acids is 1. The minimum Gasteiger partial charge on any atom is -0.423 e. The summed E-state index contributed by atoms with van der Waals surface area (Å²) in [7, 11) is -1.60. The Labute approximate surface area is 84.7 Å². The van der Waals surface area contributed by atoms with Crippen molar-refractivity contribution in [2.24, 2.45) is 0 Å². The molecule has 0 saturated carbocycles. The molecule has 0 unspecified atom stereocenters. The van der Waals surface area contributed by atoms with Crippen molar-refractivity contribution in [3.8, 4) is 0 Å². The van der Waals surface area contributed by atoms with E-state index >= 15 is 0 Å². The summed E-state index contributed by atoms with van der Waals surface area (Å²) in [5.41, 5.74) is 1.26. The Morgan fingerprint density at radius 1 is 1.46 bits per heavy atom. The summed E-state index contributed by atoms with van der Waals surface area (Å²) in [4.78, 5) is 10.7. The van der Waals surface area contributed by atoms with Crippen LogP contribution < -0.4 is 5.46 Å². The second kappa shape index (κ2) is 4.04. The second-order valence-electron chi connectivity index (χ2n) is 2.67. The standard InChI is InChI=1S/C8H8BBrO3/c1-5-6(4-11)7(9(12)13)2-3-8(5)10/h2-4,12-13H,1H3. The van der Waals surface area contributed by atoms with Gasteiger partial charge < -0.3 is 10.0 Å². The molecule has 1 aromatic rings. The van der Waals surface area contributed by atoms with Gasteiger partial charge in [-0.3, -0.25) is 4.79 Å². The molecule has 13 heavy (non-hydrogen) atoms. The number of hydrogen-bond acceptors (Lipinski definition) is 3. The van der Waals surface area contributed by atoms with Crippen LogP contribution in [0.2, 0.25) is 0 Å². The van der Waals surface area contributed by atoms with Gasteiger partial charge in [0.05, 0.1) is 0 Å². The van der Waals surface area contributed by atoms with E-state index in [9.17, 15) is 4.79 Å². The van der Waals surface area contributed by atoms with Gasteiger partial charge >= 0.3 is 7.12 Å². The van der Waals surface area contributed by atoms with Crippen LogP contribution in [-0.2, 0) is 0 Å². The SMILES string of the molecule is Cc1c(Br)ccc(B(O)O)c1C=O. The van der Waals surface area contributed by atoms with Crippen molar-refractivity contribution < 1.29 is 14.8 Å². The van der Waals surface area contributed by atoms with Crippen LogP contribution in [0.4, 0.5) is 0 Å². The number of benzene rings is 1. The van der Waals surface area contributed by atoms with Gasteiger partial charge in [0, 0.05) is 10.0 Å². The maximum absolute atomic E-state index is 10.7. The van der Waals surface area contributed by atoms with Crippen LogP contribution in [0.15, 0.2) is 16.6 Å². The van der Waals surface area contributed by atoms with E-state index in [2.05, 4.69) is 15.9 Å².